The van der Waals surface area contributed by atoms with Crippen molar-refractivity contribution >= 4 is 39.9 Å². The molecule has 2 amide bonds. The lowest BCUT2D eigenvalue weighted by atomic mass is 9.92. The van der Waals surface area contributed by atoms with Gasteiger partial charge in [-0.3, -0.25) is 15.2 Å². The maximum Gasteiger partial charge on any atom is 0.324 e. The van der Waals surface area contributed by atoms with Gasteiger partial charge in [-0.15, -0.1) is 0 Å². The van der Waals surface area contributed by atoms with E-state index in [1.807, 2.05) is 92.0 Å². The molecule has 0 bridgehead atoms. The van der Waals surface area contributed by atoms with E-state index in [9.17, 15) is 4.79 Å². The number of rotatable bonds is 10. The highest BCUT2D eigenvalue weighted by Crippen LogP contribution is 2.33. The van der Waals surface area contributed by atoms with Gasteiger partial charge in [-0.1, -0.05) is 62.7 Å². The van der Waals surface area contributed by atoms with Crippen LogP contribution in [0.25, 0.3) is 16.5 Å². The smallest absolute Gasteiger partial charge is 0.324 e. The highest BCUT2D eigenvalue weighted by Gasteiger charge is 2.22. The normalized spacial score (nSPS) is 13.9. The number of fused-ring (bicyclic) bond motifs is 1. The van der Waals surface area contributed by atoms with E-state index in [2.05, 4.69) is 68.5 Å². The summed E-state index contributed by atoms with van der Waals surface area (Å²) in [6, 6.07) is 25.1. The average molecular weight is 711 g/mol. The SMILES string of the molecule is Cc1ccc(-n2nc(C(C)(C)C)cc2NC(=O)Nc2ccc(OCc3ccnc(Nc4cnc(CN5CCN(C)CC5)cn4)c3)c3ccccc23)cc1. The van der Waals surface area contributed by atoms with Crippen molar-refractivity contribution in [3.8, 4) is 11.4 Å². The number of hydrogen-bond donors (Lipinski definition) is 3. The number of carbonyl (C=O) groups excluding carboxylic acids is 1. The Bertz CT molecular complexity index is 2180. The van der Waals surface area contributed by atoms with Gasteiger partial charge in [-0.05, 0) is 55.9 Å². The van der Waals surface area contributed by atoms with Crippen molar-refractivity contribution in [2.75, 3.05) is 49.2 Å². The van der Waals surface area contributed by atoms with E-state index in [1.165, 1.54) is 0 Å². The van der Waals surface area contributed by atoms with Crippen LogP contribution in [0.5, 0.6) is 5.75 Å². The van der Waals surface area contributed by atoms with Crippen molar-refractivity contribution in [3.05, 3.63) is 120 Å². The number of piperazine rings is 1. The first-order chi connectivity index (χ1) is 25.6. The molecule has 272 valence electrons. The van der Waals surface area contributed by atoms with Crippen LogP contribution < -0.4 is 20.7 Å². The molecule has 0 saturated carbocycles. The lowest BCUT2D eigenvalue weighted by Gasteiger charge is -2.31. The van der Waals surface area contributed by atoms with Crippen molar-refractivity contribution in [1.82, 2.24) is 34.5 Å². The fraction of sp³-hybridized carbons (Fsp3) is 0.293. The van der Waals surface area contributed by atoms with E-state index in [4.69, 9.17) is 9.84 Å². The molecule has 1 saturated heterocycles. The van der Waals surface area contributed by atoms with Crippen molar-refractivity contribution in [3.63, 3.8) is 0 Å². The average Bonchev–Trinajstić information content (AvgIpc) is 3.58. The molecule has 3 N–H and O–H groups in total. The molecular weight excluding hydrogens is 665 g/mol. The van der Waals surface area contributed by atoms with Gasteiger partial charge in [0.25, 0.3) is 0 Å². The molecule has 6 aromatic rings. The van der Waals surface area contributed by atoms with Crippen LogP contribution in [0, 0.1) is 6.92 Å². The quantitative estimate of drug-likeness (QED) is 0.132. The summed E-state index contributed by atoms with van der Waals surface area (Å²) in [6.07, 6.45) is 5.32. The van der Waals surface area contributed by atoms with Gasteiger partial charge in [0.1, 0.15) is 29.8 Å². The monoisotopic (exact) mass is 710 g/mol. The molecule has 7 rings (SSSR count). The topological polar surface area (TPSA) is 125 Å². The third-order valence-electron chi connectivity index (χ3n) is 9.29. The maximum absolute atomic E-state index is 13.5. The maximum atomic E-state index is 13.5. The van der Waals surface area contributed by atoms with Gasteiger partial charge in [0.05, 0.1) is 35.2 Å². The second-order valence-corrected chi connectivity index (χ2v) is 14.6. The van der Waals surface area contributed by atoms with Crippen LogP contribution >= 0.6 is 0 Å². The van der Waals surface area contributed by atoms with Gasteiger partial charge >= 0.3 is 6.03 Å². The Hall–Kier alpha value is -5.85. The third-order valence-corrected chi connectivity index (χ3v) is 9.29. The molecule has 0 atom stereocenters. The summed E-state index contributed by atoms with van der Waals surface area (Å²) in [5, 5.41) is 15.9. The summed E-state index contributed by atoms with van der Waals surface area (Å²) in [4.78, 5) is 31.9. The number of ether oxygens (including phenoxy) is 1. The molecule has 0 radical (unpaired) electrons. The summed E-state index contributed by atoms with van der Waals surface area (Å²) in [5.41, 5.74) is 5.23. The van der Waals surface area contributed by atoms with Crippen LogP contribution in [0.2, 0.25) is 0 Å². The molecule has 3 aromatic heterocycles. The Balaban J connectivity index is 1.00. The number of benzene rings is 3. The number of hydrogen-bond acceptors (Lipinski definition) is 9. The lowest BCUT2D eigenvalue weighted by Crippen LogP contribution is -2.44. The van der Waals surface area contributed by atoms with Crippen molar-refractivity contribution < 1.29 is 9.53 Å². The van der Waals surface area contributed by atoms with Crippen molar-refractivity contribution in [1.29, 1.82) is 0 Å². The number of nitrogens with one attached hydrogen (secondary N) is 3. The number of carbonyl (C=O) groups is 1. The van der Waals surface area contributed by atoms with Crippen molar-refractivity contribution in [2.24, 2.45) is 0 Å². The van der Waals surface area contributed by atoms with Crippen LogP contribution in [0.4, 0.5) is 27.9 Å². The molecule has 1 fully saturated rings. The Labute approximate surface area is 310 Å². The van der Waals surface area contributed by atoms with Crippen LogP contribution in [0.15, 0.2) is 97.5 Å². The van der Waals surface area contributed by atoms with E-state index in [1.54, 1.807) is 17.1 Å². The highest BCUT2D eigenvalue weighted by molar-refractivity contribution is 6.07. The Morgan fingerprint density at radius 2 is 1.60 bits per heavy atom. The summed E-state index contributed by atoms with van der Waals surface area (Å²) in [6.45, 7) is 13.7. The zero-order valence-electron chi connectivity index (χ0n) is 30.9. The van der Waals surface area contributed by atoms with Gasteiger partial charge in [0.2, 0.25) is 0 Å². The van der Waals surface area contributed by atoms with E-state index < -0.39 is 0 Å². The van der Waals surface area contributed by atoms with Gasteiger partial charge in [0, 0.05) is 61.2 Å². The van der Waals surface area contributed by atoms with E-state index in [0.717, 1.165) is 71.7 Å². The third kappa shape index (κ3) is 8.79. The first kappa shape index (κ1) is 35.5. The summed E-state index contributed by atoms with van der Waals surface area (Å²) in [5.74, 6) is 2.56. The van der Waals surface area contributed by atoms with Crippen molar-refractivity contribution in [2.45, 2.75) is 46.3 Å². The van der Waals surface area contributed by atoms with Gasteiger partial charge in [-0.25, -0.2) is 19.4 Å². The van der Waals surface area contributed by atoms with Crippen LogP contribution in [-0.4, -0.2) is 73.8 Å². The van der Waals surface area contributed by atoms with Gasteiger partial charge < -0.3 is 20.3 Å². The molecule has 0 unspecified atom stereocenters. The van der Waals surface area contributed by atoms with Crippen LogP contribution in [0.3, 0.4) is 0 Å². The largest absolute Gasteiger partial charge is 0.488 e. The number of anilines is 4. The van der Waals surface area contributed by atoms with Crippen LogP contribution in [-0.2, 0) is 18.6 Å². The number of nitrogens with zero attached hydrogens (tertiary/aromatic N) is 7. The summed E-state index contributed by atoms with van der Waals surface area (Å²) < 4.78 is 8.11. The number of likely N-dealkylation sites (N-methyl/N-ethyl adjacent to an activating group) is 1. The van der Waals surface area contributed by atoms with E-state index in [0.29, 0.717) is 35.5 Å². The van der Waals surface area contributed by atoms with Crippen LogP contribution in [0.1, 0.15) is 43.3 Å². The molecule has 1 aliphatic rings. The minimum Gasteiger partial charge on any atom is -0.488 e. The Morgan fingerprint density at radius 1 is 0.830 bits per heavy atom. The molecular formula is C41H46N10O2. The number of urea groups is 1. The van der Waals surface area contributed by atoms with E-state index >= 15 is 0 Å². The highest BCUT2D eigenvalue weighted by atomic mass is 16.5. The first-order valence-corrected chi connectivity index (χ1v) is 17.9. The molecule has 12 heteroatoms. The fourth-order valence-corrected chi connectivity index (χ4v) is 6.16. The minimum atomic E-state index is -0.372. The van der Waals surface area contributed by atoms with Gasteiger partial charge in [0.15, 0.2) is 0 Å². The summed E-state index contributed by atoms with van der Waals surface area (Å²) in [7, 11) is 2.15. The standard InChI is InChI=1S/C41H46N10O2/c1-28-10-12-31(13-11-28)51-39(23-36(48-51)41(2,3)4)47-40(52)45-34-14-15-35(33-9-7-6-8-32(33)34)53-27-29-16-17-42-37(22-29)46-38-25-43-30(24-44-38)26-50-20-18-49(5)19-21-50/h6-17,22-25H,18-21,26-27H2,1-5H3,(H,42,44,46)(H2,45,47,52). The minimum absolute atomic E-state index is 0.200. The molecule has 12 nitrogen and oxygen atoms in total. The molecule has 3 aromatic carbocycles. The molecule has 1 aliphatic heterocycles. The first-order valence-electron chi connectivity index (χ1n) is 17.9. The predicted molar refractivity (Wildman–Crippen MR) is 210 cm³/mol. The zero-order valence-corrected chi connectivity index (χ0v) is 30.9. The molecule has 4 heterocycles. The summed E-state index contributed by atoms with van der Waals surface area (Å²) >= 11 is 0. The Morgan fingerprint density at radius 3 is 2.34 bits per heavy atom. The zero-order chi connectivity index (χ0) is 37.0. The molecule has 0 aliphatic carbocycles. The predicted octanol–water partition coefficient (Wildman–Crippen LogP) is 7.53. The number of amides is 2. The Kier molecular flexibility index (Phi) is 10.3. The number of pyridine rings is 1. The van der Waals surface area contributed by atoms with Gasteiger partial charge in [-0.2, -0.15) is 5.10 Å². The fourth-order valence-electron chi connectivity index (χ4n) is 6.16. The second kappa shape index (κ2) is 15.4. The van der Waals surface area contributed by atoms with E-state index in [-0.39, 0.29) is 11.4 Å². The molecule has 0 spiro atoms. The number of aromatic nitrogens is 5. The second-order valence-electron chi connectivity index (χ2n) is 14.6. The molecule has 53 heavy (non-hydrogen) atoms. The number of aryl methyl sites for hydroxylation is 1. The lowest BCUT2D eigenvalue weighted by molar-refractivity contribution is 0.147.